The molecule has 2 aromatic rings. The summed E-state index contributed by atoms with van der Waals surface area (Å²) in [6, 6.07) is 13.0. The van der Waals surface area contributed by atoms with Gasteiger partial charge in [0.15, 0.2) is 0 Å². The summed E-state index contributed by atoms with van der Waals surface area (Å²) < 4.78 is 5.10. The van der Waals surface area contributed by atoms with Crippen LogP contribution in [0.2, 0.25) is 0 Å². The largest absolute Gasteiger partial charge is 0.423 e. The van der Waals surface area contributed by atoms with Gasteiger partial charge in [-0.3, -0.25) is 0 Å². The molecule has 0 amide bonds. The third-order valence-electron chi connectivity index (χ3n) is 2.38. The minimum Gasteiger partial charge on any atom is -0.423 e. The van der Waals surface area contributed by atoms with E-state index in [0.717, 1.165) is 10.4 Å². The first-order valence-electron chi connectivity index (χ1n) is 5.68. The Morgan fingerprint density at radius 1 is 1.26 bits per heavy atom. The molecule has 1 aromatic carbocycles. The van der Waals surface area contributed by atoms with Crippen LogP contribution in [0.1, 0.15) is 11.8 Å². The Morgan fingerprint density at radius 2 is 2.00 bits per heavy atom. The van der Waals surface area contributed by atoms with E-state index in [9.17, 15) is 4.79 Å². The Kier molecular flexibility index (Phi) is 4.11. The van der Waals surface area contributed by atoms with E-state index in [1.54, 1.807) is 31.2 Å². The number of ether oxygens (including phenoxy) is 1. The fraction of sp³-hybridized carbons (Fsp3) is 0.0667. The van der Waals surface area contributed by atoms with Crippen LogP contribution in [0.4, 0.5) is 0 Å². The van der Waals surface area contributed by atoms with Crippen molar-refractivity contribution in [3.63, 3.8) is 0 Å². The summed E-state index contributed by atoms with van der Waals surface area (Å²) in [6.07, 6.45) is 3.00. The van der Waals surface area contributed by atoms with Crippen LogP contribution in [-0.2, 0) is 4.79 Å². The Hall–Kier alpha value is -2.38. The maximum atomic E-state index is 11.3. The summed E-state index contributed by atoms with van der Waals surface area (Å²) in [6.45, 7) is 1.76. The lowest BCUT2D eigenvalue weighted by Gasteiger charge is -2.02. The molecule has 0 saturated heterocycles. The number of thiophene rings is 1. The van der Waals surface area contributed by atoms with Gasteiger partial charge in [-0.1, -0.05) is 6.08 Å². The molecule has 0 saturated carbocycles. The summed E-state index contributed by atoms with van der Waals surface area (Å²) in [4.78, 5) is 13.0. The highest BCUT2D eigenvalue weighted by Gasteiger charge is 2.04. The lowest BCUT2D eigenvalue weighted by Crippen LogP contribution is -2.03. The fourth-order valence-corrected chi connectivity index (χ4v) is 2.34. The molecule has 1 heterocycles. The van der Waals surface area contributed by atoms with Crippen LogP contribution in [0.3, 0.4) is 0 Å². The summed E-state index contributed by atoms with van der Waals surface area (Å²) in [5.74, 6) is 0.113. The van der Waals surface area contributed by atoms with Crippen molar-refractivity contribution in [3.05, 3.63) is 53.4 Å². The predicted molar refractivity (Wildman–Crippen MR) is 74.9 cm³/mol. The minimum absolute atomic E-state index is 0.391. The molecule has 0 aliphatic carbocycles. The van der Waals surface area contributed by atoms with Crippen molar-refractivity contribution in [1.29, 1.82) is 5.26 Å². The van der Waals surface area contributed by atoms with Gasteiger partial charge in [0.05, 0.1) is 0 Å². The Morgan fingerprint density at radius 3 is 2.58 bits per heavy atom. The standard InChI is InChI=1S/C15H11NO2S/c1-2-3-15(17)18-12-6-4-11(5-7-12)14-9-8-13(10-16)19-14/h2-9H,1H3. The zero-order valence-corrected chi connectivity index (χ0v) is 11.1. The second-order valence-electron chi connectivity index (χ2n) is 3.72. The predicted octanol–water partition coefficient (Wildman–Crippen LogP) is 3.77. The molecule has 0 fully saturated rings. The third-order valence-corrected chi connectivity index (χ3v) is 3.42. The van der Waals surface area contributed by atoms with Crippen LogP contribution in [0.5, 0.6) is 5.75 Å². The van der Waals surface area contributed by atoms with Crippen LogP contribution >= 0.6 is 11.3 Å². The van der Waals surface area contributed by atoms with Gasteiger partial charge in [-0.2, -0.15) is 5.26 Å². The van der Waals surface area contributed by atoms with E-state index in [2.05, 4.69) is 6.07 Å². The van der Waals surface area contributed by atoms with Crippen molar-refractivity contribution in [3.8, 4) is 22.3 Å². The van der Waals surface area contributed by atoms with Crippen molar-refractivity contribution in [2.75, 3.05) is 0 Å². The highest BCUT2D eigenvalue weighted by Crippen LogP contribution is 2.29. The van der Waals surface area contributed by atoms with Crippen molar-refractivity contribution in [1.82, 2.24) is 0 Å². The molecule has 1 aromatic heterocycles. The van der Waals surface area contributed by atoms with Gasteiger partial charge >= 0.3 is 5.97 Å². The van der Waals surface area contributed by atoms with E-state index in [1.165, 1.54) is 17.4 Å². The van der Waals surface area contributed by atoms with Gasteiger partial charge < -0.3 is 4.74 Å². The van der Waals surface area contributed by atoms with Crippen LogP contribution in [0.15, 0.2) is 48.6 Å². The number of rotatable bonds is 3. The Balaban J connectivity index is 2.14. The zero-order valence-electron chi connectivity index (χ0n) is 10.3. The second kappa shape index (κ2) is 5.98. The van der Waals surface area contributed by atoms with Gasteiger partial charge in [-0.15, -0.1) is 11.3 Å². The summed E-state index contributed by atoms with van der Waals surface area (Å²) in [5, 5.41) is 8.79. The number of carbonyl (C=O) groups excluding carboxylic acids is 1. The summed E-state index contributed by atoms with van der Waals surface area (Å²) in [5.41, 5.74) is 0.998. The monoisotopic (exact) mass is 269 g/mol. The van der Waals surface area contributed by atoms with E-state index >= 15 is 0 Å². The molecule has 3 nitrogen and oxygen atoms in total. The van der Waals surface area contributed by atoms with Crippen LogP contribution in [0, 0.1) is 11.3 Å². The van der Waals surface area contributed by atoms with Gasteiger partial charge in [0.25, 0.3) is 0 Å². The molecule has 0 bridgehead atoms. The van der Waals surface area contributed by atoms with Crippen molar-refractivity contribution in [2.45, 2.75) is 6.92 Å². The van der Waals surface area contributed by atoms with Gasteiger partial charge in [0.2, 0.25) is 0 Å². The average molecular weight is 269 g/mol. The molecule has 0 aliphatic rings. The average Bonchev–Trinajstić information content (AvgIpc) is 2.88. The number of benzene rings is 1. The SMILES string of the molecule is CC=CC(=O)Oc1ccc(-c2ccc(C#N)s2)cc1. The first-order chi connectivity index (χ1) is 9.22. The molecule has 94 valence electrons. The molecular formula is C15H11NO2S. The van der Waals surface area contributed by atoms with E-state index in [-0.39, 0.29) is 0 Å². The number of esters is 1. The normalized spacial score (nSPS) is 10.3. The molecule has 19 heavy (non-hydrogen) atoms. The fourth-order valence-electron chi connectivity index (χ4n) is 1.53. The minimum atomic E-state index is -0.391. The summed E-state index contributed by atoms with van der Waals surface area (Å²) in [7, 11) is 0. The number of hydrogen-bond donors (Lipinski definition) is 0. The highest BCUT2D eigenvalue weighted by atomic mass is 32.1. The maximum Gasteiger partial charge on any atom is 0.335 e. The van der Waals surface area contributed by atoms with Gasteiger partial charge in [0.1, 0.15) is 16.7 Å². The topological polar surface area (TPSA) is 50.1 Å². The van der Waals surface area contributed by atoms with Gasteiger partial charge in [-0.25, -0.2) is 4.79 Å². The molecule has 0 spiro atoms. The highest BCUT2D eigenvalue weighted by molar-refractivity contribution is 7.16. The Bertz CT molecular complexity index is 648. The molecule has 4 heteroatoms. The van der Waals surface area contributed by atoms with Crippen molar-refractivity contribution >= 4 is 17.3 Å². The smallest absolute Gasteiger partial charge is 0.335 e. The first-order valence-corrected chi connectivity index (χ1v) is 6.49. The lowest BCUT2D eigenvalue weighted by molar-refractivity contribution is -0.129. The summed E-state index contributed by atoms with van der Waals surface area (Å²) >= 11 is 1.43. The molecule has 0 atom stereocenters. The number of nitriles is 1. The number of nitrogens with zero attached hydrogens (tertiary/aromatic N) is 1. The molecule has 0 aliphatic heterocycles. The molecule has 2 rings (SSSR count). The molecule has 0 N–H and O–H groups in total. The van der Waals surface area contributed by atoms with E-state index in [4.69, 9.17) is 10.00 Å². The molecule has 0 radical (unpaired) electrons. The lowest BCUT2D eigenvalue weighted by atomic mass is 10.2. The van der Waals surface area contributed by atoms with Crippen LogP contribution < -0.4 is 4.74 Å². The quantitative estimate of drug-likeness (QED) is 0.484. The Labute approximate surface area is 115 Å². The second-order valence-corrected chi connectivity index (χ2v) is 4.80. The maximum absolute atomic E-state index is 11.3. The van der Waals surface area contributed by atoms with Crippen LogP contribution in [-0.4, -0.2) is 5.97 Å². The number of hydrogen-bond acceptors (Lipinski definition) is 4. The molecule has 0 unspecified atom stereocenters. The third kappa shape index (κ3) is 3.30. The van der Waals surface area contributed by atoms with Crippen molar-refractivity contribution < 1.29 is 9.53 Å². The zero-order chi connectivity index (χ0) is 13.7. The van der Waals surface area contributed by atoms with Gasteiger partial charge in [0, 0.05) is 11.0 Å². The number of allylic oxidation sites excluding steroid dienone is 1. The van der Waals surface area contributed by atoms with Crippen LogP contribution in [0.25, 0.3) is 10.4 Å². The van der Waals surface area contributed by atoms with Gasteiger partial charge in [-0.05, 0) is 48.9 Å². The first kappa shape index (κ1) is 13.1. The molecular weight excluding hydrogens is 258 g/mol. The number of carbonyl (C=O) groups is 1. The van der Waals surface area contributed by atoms with E-state index in [1.807, 2.05) is 18.2 Å². The van der Waals surface area contributed by atoms with E-state index in [0.29, 0.717) is 10.6 Å². The van der Waals surface area contributed by atoms with Crippen molar-refractivity contribution in [2.24, 2.45) is 0 Å². The van der Waals surface area contributed by atoms with E-state index < -0.39 is 5.97 Å².